The molecular weight excluding hydrogens is 256 g/mol. The molecule has 0 amide bonds. The molecule has 2 atom stereocenters. The number of thioether (sulfide) groups is 1. The Kier molecular flexibility index (Phi) is 3.93. The highest BCUT2D eigenvalue weighted by Gasteiger charge is 2.26. The first kappa shape index (κ1) is 13.2. The molecule has 1 N–H and O–H groups in total. The SMILES string of the molecule is CC1SCCN(c2cnc(CNC3CC3)cn2)C1C. The predicted molar refractivity (Wildman–Crippen MR) is 80.6 cm³/mol. The number of rotatable bonds is 4. The van der Waals surface area contributed by atoms with Crippen LogP contribution in [0.5, 0.6) is 0 Å². The van der Waals surface area contributed by atoms with Crippen molar-refractivity contribution in [3.63, 3.8) is 0 Å². The number of hydrogen-bond acceptors (Lipinski definition) is 5. The molecule has 1 saturated heterocycles. The van der Waals surface area contributed by atoms with Crippen molar-refractivity contribution in [1.82, 2.24) is 15.3 Å². The van der Waals surface area contributed by atoms with Gasteiger partial charge in [-0.15, -0.1) is 0 Å². The van der Waals surface area contributed by atoms with Crippen molar-refractivity contribution in [1.29, 1.82) is 0 Å². The fourth-order valence-corrected chi connectivity index (χ4v) is 3.48. The summed E-state index contributed by atoms with van der Waals surface area (Å²) in [4.78, 5) is 11.5. The third-order valence-corrected chi connectivity index (χ3v) is 5.36. The maximum atomic E-state index is 4.60. The first-order valence-electron chi connectivity index (χ1n) is 7.16. The van der Waals surface area contributed by atoms with Crippen LogP contribution >= 0.6 is 11.8 Å². The zero-order valence-electron chi connectivity index (χ0n) is 11.7. The first-order valence-corrected chi connectivity index (χ1v) is 8.21. The Morgan fingerprint density at radius 2 is 2.16 bits per heavy atom. The molecule has 2 fully saturated rings. The normalized spacial score (nSPS) is 27.6. The van der Waals surface area contributed by atoms with Gasteiger partial charge in [-0.25, -0.2) is 4.98 Å². The van der Waals surface area contributed by atoms with E-state index in [1.807, 2.05) is 24.2 Å². The molecule has 4 nitrogen and oxygen atoms in total. The number of nitrogens with zero attached hydrogens (tertiary/aromatic N) is 3. The molecule has 1 aliphatic heterocycles. The Hall–Kier alpha value is -0.810. The van der Waals surface area contributed by atoms with Crippen LogP contribution in [0.1, 0.15) is 32.4 Å². The Morgan fingerprint density at radius 3 is 2.84 bits per heavy atom. The highest BCUT2D eigenvalue weighted by atomic mass is 32.2. The summed E-state index contributed by atoms with van der Waals surface area (Å²) in [6.07, 6.45) is 6.48. The molecule has 0 aromatic carbocycles. The van der Waals surface area contributed by atoms with Gasteiger partial charge in [0.1, 0.15) is 5.82 Å². The molecule has 2 unspecified atom stereocenters. The molecule has 1 aliphatic carbocycles. The number of hydrogen-bond donors (Lipinski definition) is 1. The topological polar surface area (TPSA) is 41.1 Å². The van der Waals surface area contributed by atoms with Crippen LogP contribution in [-0.4, -0.2) is 39.6 Å². The quantitative estimate of drug-likeness (QED) is 0.913. The average Bonchev–Trinajstić information content (AvgIpc) is 3.25. The minimum absolute atomic E-state index is 0.531. The fourth-order valence-electron chi connectivity index (χ4n) is 2.38. The van der Waals surface area contributed by atoms with Crippen LogP contribution in [-0.2, 0) is 6.54 Å². The third kappa shape index (κ3) is 3.20. The van der Waals surface area contributed by atoms with Gasteiger partial charge in [0.2, 0.25) is 0 Å². The third-order valence-electron chi connectivity index (χ3n) is 4.02. The van der Waals surface area contributed by atoms with Gasteiger partial charge in [-0.2, -0.15) is 11.8 Å². The lowest BCUT2D eigenvalue weighted by molar-refractivity contribution is 0.616. The summed E-state index contributed by atoms with van der Waals surface area (Å²) in [6, 6.07) is 1.25. The van der Waals surface area contributed by atoms with Crippen LogP contribution < -0.4 is 10.2 Å². The Bertz CT molecular complexity index is 418. The molecule has 0 radical (unpaired) electrons. The van der Waals surface area contributed by atoms with Gasteiger partial charge in [0, 0.05) is 36.2 Å². The van der Waals surface area contributed by atoms with Gasteiger partial charge in [0.15, 0.2) is 0 Å². The second-order valence-corrected chi connectivity index (χ2v) is 7.02. The van der Waals surface area contributed by atoms with Gasteiger partial charge in [-0.3, -0.25) is 4.98 Å². The second kappa shape index (κ2) is 5.67. The van der Waals surface area contributed by atoms with Crippen molar-refractivity contribution >= 4 is 17.6 Å². The van der Waals surface area contributed by atoms with Gasteiger partial charge in [0.25, 0.3) is 0 Å². The van der Waals surface area contributed by atoms with Crippen LogP contribution in [0.25, 0.3) is 0 Å². The predicted octanol–water partition coefficient (Wildman–Crippen LogP) is 2.06. The van der Waals surface area contributed by atoms with Crippen LogP contribution in [0.2, 0.25) is 0 Å². The minimum Gasteiger partial charge on any atom is -0.351 e. The summed E-state index contributed by atoms with van der Waals surface area (Å²) in [5, 5.41) is 4.13. The molecule has 0 bridgehead atoms. The first-order chi connectivity index (χ1) is 9.24. The molecule has 5 heteroatoms. The summed E-state index contributed by atoms with van der Waals surface area (Å²) in [7, 11) is 0. The average molecular weight is 278 g/mol. The molecule has 3 rings (SSSR count). The minimum atomic E-state index is 0.531. The number of anilines is 1. The molecule has 2 heterocycles. The lowest BCUT2D eigenvalue weighted by Crippen LogP contribution is -2.45. The van der Waals surface area contributed by atoms with Gasteiger partial charge < -0.3 is 10.2 Å². The molecule has 19 heavy (non-hydrogen) atoms. The van der Waals surface area contributed by atoms with Crippen molar-refractivity contribution in [2.75, 3.05) is 17.2 Å². The van der Waals surface area contributed by atoms with Gasteiger partial charge in [-0.1, -0.05) is 6.92 Å². The van der Waals surface area contributed by atoms with E-state index in [9.17, 15) is 0 Å². The second-order valence-electron chi connectivity index (χ2n) is 5.53. The highest BCUT2D eigenvalue weighted by Crippen LogP contribution is 2.27. The molecule has 1 aromatic heterocycles. The molecular formula is C14H22N4S. The van der Waals surface area contributed by atoms with E-state index in [2.05, 4.69) is 34.0 Å². The van der Waals surface area contributed by atoms with E-state index in [4.69, 9.17) is 0 Å². The molecule has 1 saturated carbocycles. The van der Waals surface area contributed by atoms with Crippen molar-refractivity contribution in [2.24, 2.45) is 0 Å². The van der Waals surface area contributed by atoms with Crippen molar-refractivity contribution in [3.8, 4) is 0 Å². The van der Waals surface area contributed by atoms with Crippen molar-refractivity contribution < 1.29 is 0 Å². The maximum absolute atomic E-state index is 4.60. The van der Waals surface area contributed by atoms with E-state index in [0.29, 0.717) is 11.3 Å². The summed E-state index contributed by atoms with van der Waals surface area (Å²) >= 11 is 2.05. The van der Waals surface area contributed by atoms with Gasteiger partial charge >= 0.3 is 0 Å². The van der Waals surface area contributed by atoms with Crippen LogP contribution in [0, 0.1) is 0 Å². The number of aromatic nitrogens is 2. The van der Waals surface area contributed by atoms with E-state index in [0.717, 1.165) is 30.6 Å². The largest absolute Gasteiger partial charge is 0.351 e. The van der Waals surface area contributed by atoms with Gasteiger partial charge in [0.05, 0.1) is 18.1 Å². The lowest BCUT2D eigenvalue weighted by atomic mass is 10.2. The summed E-state index contributed by atoms with van der Waals surface area (Å²) in [5.74, 6) is 2.20. The Labute approximate surface area is 119 Å². The molecule has 2 aliphatic rings. The Morgan fingerprint density at radius 1 is 1.32 bits per heavy atom. The van der Waals surface area contributed by atoms with Crippen LogP contribution in [0.4, 0.5) is 5.82 Å². The fraction of sp³-hybridized carbons (Fsp3) is 0.714. The van der Waals surface area contributed by atoms with Crippen LogP contribution in [0.15, 0.2) is 12.4 Å². The molecule has 0 spiro atoms. The standard InChI is InChI=1S/C14H22N4S/c1-10-11(2)19-6-5-18(10)14-9-16-13(8-17-14)7-15-12-3-4-12/h8-12,15H,3-7H2,1-2H3. The van der Waals surface area contributed by atoms with Crippen molar-refractivity contribution in [3.05, 3.63) is 18.1 Å². The zero-order valence-corrected chi connectivity index (χ0v) is 12.5. The Balaban J connectivity index is 1.63. The van der Waals surface area contributed by atoms with Crippen molar-refractivity contribution in [2.45, 2.75) is 50.6 Å². The van der Waals surface area contributed by atoms with Gasteiger partial charge in [-0.05, 0) is 19.8 Å². The smallest absolute Gasteiger partial charge is 0.147 e. The maximum Gasteiger partial charge on any atom is 0.147 e. The van der Waals surface area contributed by atoms with E-state index < -0.39 is 0 Å². The number of nitrogens with one attached hydrogen (secondary N) is 1. The molecule has 1 aromatic rings. The van der Waals surface area contributed by atoms with Crippen LogP contribution in [0.3, 0.4) is 0 Å². The zero-order chi connectivity index (χ0) is 13.2. The van der Waals surface area contributed by atoms with E-state index in [1.165, 1.54) is 18.6 Å². The monoisotopic (exact) mass is 278 g/mol. The lowest BCUT2D eigenvalue weighted by Gasteiger charge is -2.38. The summed E-state index contributed by atoms with van der Waals surface area (Å²) in [5.41, 5.74) is 1.04. The highest BCUT2D eigenvalue weighted by molar-refractivity contribution is 8.00. The molecule has 104 valence electrons. The van der Waals surface area contributed by atoms with E-state index >= 15 is 0 Å². The van der Waals surface area contributed by atoms with E-state index in [-0.39, 0.29) is 0 Å². The van der Waals surface area contributed by atoms with E-state index in [1.54, 1.807) is 0 Å². The summed E-state index contributed by atoms with van der Waals surface area (Å²) < 4.78 is 0. The summed E-state index contributed by atoms with van der Waals surface area (Å²) in [6.45, 7) is 6.49.